The highest BCUT2D eigenvalue weighted by molar-refractivity contribution is 6.03. The number of hydrogen-bond acceptors (Lipinski definition) is 3. The average molecular weight is 256 g/mol. The first-order chi connectivity index (χ1) is 9.11. The van der Waals surface area contributed by atoms with Crippen LogP contribution in [0.2, 0.25) is 0 Å². The lowest BCUT2D eigenvalue weighted by molar-refractivity contribution is 0.102. The van der Waals surface area contributed by atoms with E-state index in [1.807, 2.05) is 32.0 Å². The van der Waals surface area contributed by atoms with Crippen LogP contribution in [0, 0.1) is 13.8 Å². The Morgan fingerprint density at radius 2 is 1.89 bits per heavy atom. The third-order valence-corrected chi connectivity index (χ3v) is 3.02. The number of hydrogen-bond donors (Lipinski definition) is 1. The first kappa shape index (κ1) is 13.1. The number of amides is 1. The molecular formula is C15H16N2O2. The maximum absolute atomic E-state index is 12.1. The standard InChI is InChI=1S/C15H16N2O2/c1-10-6-4-7-12(11(10)2)17-15(18)13-8-5-9-14(16-13)19-3/h4-9H,1-3H3,(H,17,18). The highest BCUT2D eigenvalue weighted by Gasteiger charge is 2.10. The first-order valence-corrected chi connectivity index (χ1v) is 6.00. The molecule has 19 heavy (non-hydrogen) atoms. The van der Waals surface area contributed by atoms with E-state index in [0.717, 1.165) is 16.8 Å². The average Bonchev–Trinajstić information content (AvgIpc) is 2.44. The predicted octanol–water partition coefficient (Wildman–Crippen LogP) is 2.96. The fourth-order valence-corrected chi connectivity index (χ4v) is 1.73. The summed E-state index contributed by atoms with van der Waals surface area (Å²) in [5, 5.41) is 2.86. The van der Waals surface area contributed by atoms with Gasteiger partial charge in [-0.25, -0.2) is 4.98 Å². The highest BCUT2D eigenvalue weighted by atomic mass is 16.5. The van der Waals surface area contributed by atoms with Gasteiger partial charge in [-0.15, -0.1) is 0 Å². The van der Waals surface area contributed by atoms with Crippen LogP contribution in [0.5, 0.6) is 5.88 Å². The van der Waals surface area contributed by atoms with E-state index in [2.05, 4.69) is 10.3 Å². The molecule has 1 aromatic carbocycles. The highest BCUT2D eigenvalue weighted by Crippen LogP contribution is 2.19. The molecule has 4 heteroatoms. The molecular weight excluding hydrogens is 240 g/mol. The van der Waals surface area contributed by atoms with Gasteiger partial charge < -0.3 is 10.1 Å². The van der Waals surface area contributed by atoms with E-state index in [0.29, 0.717) is 11.6 Å². The first-order valence-electron chi connectivity index (χ1n) is 6.00. The Morgan fingerprint density at radius 1 is 1.16 bits per heavy atom. The van der Waals surface area contributed by atoms with E-state index in [9.17, 15) is 4.79 Å². The molecule has 4 nitrogen and oxygen atoms in total. The number of aromatic nitrogens is 1. The maximum atomic E-state index is 12.1. The van der Waals surface area contributed by atoms with Crippen LogP contribution in [0.4, 0.5) is 5.69 Å². The molecule has 1 aromatic heterocycles. The lowest BCUT2D eigenvalue weighted by atomic mass is 10.1. The van der Waals surface area contributed by atoms with Gasteiger partial charge in [0.05, 0.1) is 7.11 Å². The van der Waals surface area contributed by atoms with Gasteiger partial charge in [-0.1, -0.05) is 18.2 Å². The van der Waals surface area contributed by atoms with Crippen molar-refractivity contribution in [1.82, 2.24) is 4.98 Å². The molecule has 1 amide bonds. The number of carbonyl (C=O) groups is 1. The second kappa shape index (κ2) is 5.52. The Kier molecular flexibility index (Phi) is 3.80. The van der Waals surface area contributed by atoms with Gasteiger partial charge in [-0.05, 0) is 37.1 Å². The molecule has 0 aliphatic carbocycles. The van der Waals surface area contributed by atoms with Crippen LogP contribution in [0.3, 0.4) is 0 Å². The van der Waals surface area contributed by atoms with Crippen LogP contribution in [-0.2, 0) is 0 Å². The molecule has 1 N–H and O–H groups in total. The van der Waals surface area contributed by atoms with Crippen LogP contribution >= 0.6 is 0 Å². The van der Waals surface area contributed by atoms with Crippen molar-refractivity contribution in [3.05, 3.63) is 53.2 Å². The van der Waals surface area contributed by atoms with Crippen LogP contribution in [0.15, 0.2) is 36.4 Å². The summed E-state index contributed by atoms with van der Waals surface area (Å²) >= 11 is 0. The number of carbonyl (C=O) groups excluding carboxylic acids is 1. The van der Waals surface area contributed by atoms with Gasteiger partial charge in [-0.3, -0.25) is 4.79 Å². The summed E-state index contributed by atoms with van der Waals surface area (Å²) in [6.45, 7) is 3.98. The topological polar surface area (TPSA) is 51.2 Å². The molecule has 0 fully saturated rings. The molecule has 0 saturated carbocycles. The molecule has 1 heterocycles. The molecule has 0 unspecified atom stereocenters. The zero-order valence-corrected chi connectivity index (χ0v) is 11.2. The lowest BCUT2D eigenvalue weighted by Gasteiger charge is -2.10. The van der Waals surface area contributed by atoms with E-state index in [4.69, 9.17) is 4.74 Å². The Hall–Kier alpha value is -2.36. The number of anilines is 1. The molecule has 98 valence electrons. The summed E-state index contributed by atoms with van der Waals surface area (Å²) in [5.74, 6) is 0.182. The van der Waals surface area contributed by atoms with E-state index in [-0.39, 0.29) is 5.91 Å². The van der Waals surface area contributed by atoms with Gasteiger partial charge in [0.15, 0.2) is 0 Å². The van der Waals surface area contributed by atoms with Crippen molar-refractivity contribution in [2.45, 2.75) is 13.8 Å². The molecule has 0 spiro atoms. The zero-order chi connectivity index (χ0) is 13.8. The summed E-state index contributed by atoms with van der Waals surface area (Å²) in [7, 11) is 1.52. The summed E-state index contributed by atoms with van der Waals surface area (Å²) in [4.78, 5) is 16.2. The Bertz CT molecular complexity index is 609. The Balaban J connectivity index is 2.23. The summed E-state index contributed by atoms with van der Waals surface area (Å²) in [6, 6.07) is 10.9. The normalized spacial score (nSPS) is 10.1. The van der Waals surface area contributed by atoms with Crippen molar-refractivity contribution in [3.8, 4) is 5.88 Å². The van der Waals surface area contributed by atoms with E-state index >= 15 is 0 Å². The largest absolute Gasteiger partial charge is 0.481 e. The van der Waals surface area contributed by atoms with Crippen LogP contribution < -0.4 is 10.1 Å². The molecule has 2 aromatic rings. The summed E-state index contributed by atoms with van der Waals surface area (Å²) in [6.07, 6.45) is 0. The minimum Gasteiger partial charge on any atom is -0.481 e. The molecule has 0 aliphatic heterocycles. The minimum atomic E-state index is -0.243. The maximum Gasteiger partial charge on any atom is 0.274 e. The van der Waals surface area contributed by atoms with Gasteiger partial charge in [-0.2, -0.15) is 0 Å². The fourth-order valence-electron chi connectivity index (χ4n) is 1.73. The number of benzene rings is 1. The van der Waals surface area contributed by atoms with Crippen molar-refractivity contribution < 1.29 is 9.53 Å². The lowest BCUT2D eigenvalue weighted by Crippen LogP contribution is -2.14. The second-order valence-electron chi connectivity index (χ2n) is 4.27. The van der Waals surface area contributed by atoms with Crippen LogP contribution in [0.1, 0.15) is 21.6 Å². The molecule has 0 bridgehead atoms. The Labute approximate surface area is 112 Å². The van der Waals surface area contributed by atoms with Crippen molar-refractivity contribution in [3.63, 3.8) is 0 Å². The smallest absolute Gasteiger partial charge is 0.274 e. The van der Waals surface area contributed by atoms with Crippen molar-refractivity contribution in [1.29, 1.82) is 0 Å². The molecule has 2 rings (SSSR count). The second-order valence-corrected chi connectivity index (χ2v) is 4.27. The SMILES string of the molecule is COc1cccc(C(=O)Nc2cccc(C)c2C)n1. The minimum absolute atomic E-state index is 0.243. The van der Waals surface area contributed by atoms with E-state index < -0.39 is 0 Å². The van der Waals surface area contributed by atoms with Crippen molar-refractivity contribution in [2.75, 3.05) is 12.4 Å². The number of nitrogens with one attached hydrogen (secondary N) is 1. The third-order valence-electron chi connectivity index (χ3n) is 3.02. The van der Waals surface area contributed by atoms with Gasteiger partial charge in [0.25, 0.3) is 5.91 Å². The molecule has 0 atom stereocenters. The molecule has 0 saturated heterocycles. The molecule has 0 radical (unpaired) electrons. The number of pyridine rings is 1. The van der Waals surface area contributed by atoms with Crippen LogP contribution in [0.25, 0.3) is 0 Å². The predicted molar refractivity (Wildman–Crippen MR) is 74.7 cm³/mol. The summed E-state index contributed by atoms with van der Waals surface area (Å²) in [5.41, 5.74) is 3.32. The zero-order valence-electron chi connectivity index (χ0n) is 11.2. The Morgan fingerprint density at radius 3 is 2.63 bits per heavy atom. The van der Waals surface area contributed by atoms with E-state index in [1.54, 1.807) is 18.2 Å². The number of aryl methyl sites for hydroxylation is 1. The van der Waals surface area contributed by atoms with Gasteiger partial charge in [0, 0.05) is 11.8 Å². The van der Waals surface area contributed by atoms with Gasteiger partial charge in [0.1, 0.15) is 5.69 Å². The quantitative estimate of drug-likeness (QED) is 0.918. The number of ether oxygens (including phenoxy) is 1. The summed E-state index contributed by atoms with van der Waals surface area (Å²) < 4.78 is 5.01. The van der Waals surface area contributed by atoms with Crippen LogP contribution in [-0.4, -0.2) is 18.0 Å². The van der Waals surface area contributed by atoms with Gasteiger partial charge >= 0.3 is 0 Å². The number of nitrogens with zero attached hydrogens (tertiary/aromatic N) is 1. The van der Waals surface area contributed by atoms with Crippen molar-refractivity contribution >= 4 is 11.6 Å². The number of rotatable bonds is 3. The van der Waals surface area contributed by atoms with Gasteiger partial charge in [0.2, 0.25) is 5.88 Å². The number of methoxy groups -OCH3 is 1. The molecule has 0 aliphatic rings. The van der Waals surface area contributed by atoms with Crippen molar-refractivity contribution in [2.24, 2.45) is 0 Å². The van der Waals surface area contributed by atoms with E-state index in [1.165, 1.54) is 7.11 Å². The monoisotopic (exact) mass is 256 g/mol. The third kappa shape index (κ3) is 2.91. The fraction of sp³-hybridized carbons (Fsp3) is 0.200.